The summed E-state index contributed by atoms with van der Waals surface area (Å²) in [5.74, 6) is -1.16. The van der Waals surface area contributed by atoms with Gasteiger partial charge in [0.1, 0.15) is 5.76 Å². The predicted molar refractivity (Wildman–Crippen MR) is 83.6 cm³/mol. The number of ketones is 1. The monoisotopic (exact) mass is 312 g/mol. The van der Waals surface area contributed by atoms with Crippen molar-refractivity contribution in [3.05, 3.63) is 23.2 Å². The molecule has 0 aromatic carbocycles. The quantitative estimate of drug-likeness (QED) is 0.459. The second-order valence-electron chi connectivity index (χ2n) is 5.90. The molecular weight excluding hydrogens is 289 g/mol. The minimum atomic E-state index is -1.68. The molecule has 0 radical (unpaired) electrons. The molecule has 6 heteroatoms. The number of methoxy groups -OCH3 is 1. The Morgan fingerprint density at radius 2 is 2.18 bits per heavy atom. The van der Waals surface area contributed by atoms with Crippen molar-refractivity contribution in [2.45, 2.75) is 45.4 Å². The lowest BCUT2D eigenvalue weighted by Gasteiger charge is -2.26. The van der Waals surface area contributed by atoms with Gasteiger partial charge in [-0.2, -0.15) is 0 Å². The van der Waals surface area contributed by atoms with Crippen molar-refractivity contribution in [1.29, 1.82) is 0 Å². The fourth-order valence-electron chi connectivity index (χ4n) is 2.41. The summed E-state index contributed by atoms with van der Waals surface area (Å²) in [6, 6.07) is 0. The van der Waals surface area contributed by atoms with Gasteiger partial charge in [-0.05, 0) is 20.8 Å². The number of aliphatic hydroxyl groups is 2. The Hall–Kier alpha value is -1.91. The van der Waals surface area contributed by atoms with Crippen molar-refractivity contribution in [2.75, 3.05) is 7.11 Å². The molecule has 0 amide bonds. The molecule has 1 aliphatic rings. The van der Waals surface area contributed by atoms with E-state index in [0.29, 0.717) is 5.71 Å². The summed E-state index contributed by atoms with van der Waals surface area (Å²) in [5.41, 5.74) is -1.03. The van der Waals surface area contributed by atoms with E-state index in [1.165, 1.54) is 34.0 Å². The molecule has 1 aliphatic carbocycles. The van der Waals surface area contributed by atoms with Crippen LogP contribution in [0.2, 0.25) is 0 Å². The standard InChI is InChI=1S/C16H22FNO4/c1-9-14(20)10(7-12(19)15(9)21)6-11(18-4)8-13(22-5)16(2,3)17/h8,10,14,20H,4,6-7H2,1-3,5H3/p+1. The Morgan fingerprint density at radius 1 is 1.59 bits per heavy atom. The number of nitrogens with zero attached hydrogens (tertiary/aromatic N) is 1. The smallest absolute Gasteiger partial charge is 0.306 e. The largest absolute Gasteiger partial charge is 0.504 e. The van der Waals surface area contributed by atoms with E-state index in [1.807, 2.05) is 0 Å². The van der Waals surface area contributed by atoms with E-state index < -0.39 is 23.5 Å². The van der Waals surface area contributed by atoms with Gasteiger partial charge >= 0.3 is 5.71 Å². The molecule has 0 spiro atoms. The van der Waals surface area contributed by atoms with Gasteiger partial charge < -0.3 is 14.9 Å². The maximum atomic E-state index is 14.0. The molecule has 5 nitrogen and oxygen atoms in total. The van der Waals surface area contributed by atoms with Crippen molar-refractivity contribution < 1.29 is 24.1 Å². The molecule has 22 heavy (non-hydrogen) atoms. The van der Waals surface area contributed by atoms with Gasteiger partial charge in [0, 0.05) is 17.9 Å². The summed E-state index contributed by atoms with van der Waals surface area (Å²) in [6.07, 6.45) is 0.701. The minimum Gasteiger partial charge on any atom is -0.504 e. The number of rotatable bonds is 5. The molecule has 0 heterocycles. The molecule has 2 N–H and O–H groups in total. The lowest BCUT2D eigenvalue weighted by Crippen LogP contribution is -2.33. The molecule has 2 atom stereocenters. The maximum absolute atomic E-state index is 14.0. The molecular formula is C16H23FNO4+. The molecule has 0 aromatic heterocycles. The second-order valence-corrected chi connectivity index (χ2v) is 5.90. The number of halogens is 1. The minimum absolute atomic E-state index is 0.00146. The molecule has 0 aliphatic heterocycles. The first-order valence-electron chi connectivity index (χ1n) is 7.00. The van der Waals surface area contributed by atoms with Crippen LogP contribution in [0.25, 0.3) is 0 Å². The lowest BCUT2D eigenvalue weighted by atomic mass is 9.81. The van der Waals surface area contributed by atoms with Gasteiger partial charge in [-0.1, -0.05) is 0 Å². The van der Waals surface area contributed by atoms with Crippen LogP contribution in [-0.4, -0.2) is 47.3 Å². The van der Waals surface area contributed by atoms with Gasteiger partial charge in [0.05, 0.1) is 25.7 Å². The molecule has 0 saturated heterocycles. The third kappa shape index (κ3) is 4.06. The van der Waals surface area contributed by atoms with Crippen molar-refractivity contribution >= 4 is 18.2 Å². The highest BCUT2D eigenvalue weighted by Gasteiger charge is 2.36. The third-order valence-electron chi connectivity index (χ3n) is 3.75. The first-order valence-corrected chi connectivity index (χ1v) is 7.00. The summed E-state index contributed by atoms with van der Waals surface area (Å²) in [6.45, 7) is 7.65. The Labute approximate surface area is 129 Å². The molecule has 0 aromatic rings. The second kappa shape index (κ2) is 6.90. The summed E-state index contributed by atoms with van der Waals surface area (Å²) in [7, 11) is 1.36. The molecule has 2 unspecified atom stereocenters. The van der Waals surface area contributed by atoms with Crippen molar-refractivity contribution in [2.24, 2.45) is 5.92 Å². The molecule has 0 fully saturated rings. The van der Waals surface area contributed by atoms with Crippen LogP contribution in [0.3, 0.4) is 0 Å². The molecule has 122 valence electrons. The molecule has 1 rings (SSSR count). The van der Waals surface area contributed by atoms with E-state index >= 15 is 0 Å². The number of alkyl halides is 1. The van der Waals surface area contributed by atoms with Crippen molar-refractivity contribution in [3.8, 4) is 0 Å². The van der Waals surface area contributed by atoms with E-state index in [4.69, 9.17) is 4.74 Å². The summed E-state index contributed by atoms with van der Waals surface area (Å²) in [5, 5.41) is 19.7. The van der Waals surface area contributed by atoms with Crippen LogP contribution >= 0.6 is 0 Å². The number of aliphatic hydroxyl groups excluding tert-OH is 2. The van der Waals surface area contributed by atoms with Gasteiger partial charge in [0.15, 0.2) is 17.2 Å². The molecule has 0 bridgehead atoms. The summed E-state index contributed by atoms with van der Waals surface area (Å²) < 4.78 is 22.8. The average Bonchev–Trinajstić information content (AvgIpc) is 2.44. The zero-order chi connectivity index (χ0) is 17.1. The van der Waals surface area contributed by atoms with Crippen LogP contribution in [0.4, 0.5) is 4.39 Å². The van der Waals surface area contributed by atoms with Crippen LogP contribution in [-0.2, 0) is 9.53 Å². The van der Waals surface area contributed by atoms with Crippen LogP contribution in [0.15, 0.2) is 23.2 Å². The van der Waals surface area contributed by atoms with Crippen molar-refractivity contribution in [1.82, 2.24) is 4.67 Å². The number of carbonyl (C=O) groups excluding carboxylic acids is 1. The first-order chi connectivity index (χ1) is 10.1. The zero-order valence-electron chi connectivity index (χ0n) is 13.4. The fraction of sp³-hybridized carbons (Fsp3) is 0.562. The average molecular weight is 312 g/mol. The number of Topliss-reactive ketones (excluding diaryl/α,β-unsaturated/α-hetero) is 1. The van der Waals surface area contributed by atoms with E-state index in [2.05, 4.69) is 11.4 Å². The Balaban J connectivity index is 3.00. The SMILES string of the molecule is C=[N+]=C(C=C(OC)C(C)(C)F)CC1CC(=O)C(O)=C(C)C1O. The van der Waals surface area contributed by atoms with E-state index in [9.17, 15) is 19.4 Å². The highest BCUT2D eigenvalue weighted by atomic mass is 19.1. The van der Waals surface area contributed by atoms with E-state index in [-0.39, 0.29) is 29.9 Å². The number of hydrogen-bond acceptors (Lipinski definition) is 4. The van der Waals surface area contributed by atoms with E-state index in [1.54, 1.807) is 0 Å². The first kappa shape index (κ1) is 18.1. The zero-order valence-corrected chi connectivity index (χ0v) is 13.4. The van der Waals surface area contributed by atoms with Gasteiger partial charge in [-0.15, -0.1) is 4.67 Å². The normalized spacial score (nSPS) is 23.4. The third-order valence-corrected chi connectivity index (χ3v) is 3.75. The fourth-order valence-corrected chi connectivity index (χ4v) is 2.41. The highest BCUT2D eigenvalue weighted by Crippen LogP contribution is 2.29. The van der Waals surface area contributed by atoms with Crippen molar-refractivity contribution in [3.63, 3.8) is 0 Å². The van der Waals surface area contributed by atoms with Crippen LogP contribution in [0, 0.1) is 5.92 Å². The number of allylic oxidation sites excluding steroid dienone is 3. The van der Waals surface area contributed by atoms with Gasteiger partial charge in [-0.3, -0.25) is 4.79 Å². The topological polar surface area (TPSA) is 80.9 Å². The Kier molecular flexibility index (Phi) is 5.69. The van der Waals surface area contributed by atoms with Crippen LogP contribution in [0.5, 0.6) is 0 Å². The maximum Gasteiger partial charge on any atom is 0.306 e. The Morgan fingerprint density at radius 3 is 2.64 bits per heavy atom. The number of carbonyl (C=O) groups is 1. The van der Waals surface area contributed by atoms with E-state index in [0.717, 1.165) is 0 Å². The number of ether oxygens (including phenoxy) is 1. The van der Waals surface area contributed by atoms with Gasteiger partial charge in [0.25, 0.3) is 6.72 Å². The van der Waals surface area contributed by atoms with Crippen LogP contribution in [0.1, 0.15) is 33.6 Å². The highest BCUT2D eigenvalue weighted by molar-refractivity contribution is 5.98. The summed E-state index contributed by atoms with van der Waals surface area (Å²) in [4.78, 5) is 11.7. The summed E-state index contributed by atoms with van der Waals surface area (Å²) >= 11 is 0. The Bertz CT molecular complexity index is 565. The lowest BCUT2D eigenvalue weighted by molar-refractivity contribution is -0.121. The predicted octanol–water partition coefficient (Wildman–Crippen LogP) is 1.65. The van der Waals surface area contributed by atoms with Crippen LogP contribution < -0.4 is 4.67 Å². The van der Waals surface area contributed by atoms with Gasteiger partial charge in [-0.25, -0.2) is 4.39 Å². The van der Waals surface area contributed by atoms with Gasteiger partial charge in [0.2, 0.25) is 0 Å². The number of hydrogen-bond donors (Lipinski definition) is 2. The molecule has 0 saturated carbocycles.